The van der Waals surface area contributed by atoms with Gasteiger partial charge in [-0.25, -0.2) is 17.5 Å². The molecule has 0 spiro atoms. The van der Waals surface area contributed by atoms with E-state index in [4.69, 9.17) is 0 Å². The Morgan fingerprint density at radius 1 is 1.20 bits per heavy atom. The molecule has 8 nitrogen and oxygen atoms in total. The first-order chi connectivity index (χ1) is 19.2. The van der Waals surface area contributed by atoms with Gasteiger partial charge in [0.05, 0.1) is 34.5 Å². The number of likely N-dealkylation sites (tertiary alicyclic amines) is 1. The number of allylic oxidation sites excluding steroid dienone is 3. The van der Waals surface area contributed by atoms with Gasteiger partial charge >= 0.3 is 0 Å². The number of aliphatic hydroxyl groups is 1. The van der Waals surface area contributed by atoms with E-state index in [2.05, 4.69) is 26.0 Å². The standard InChI is InChI=1S/C30H42FN5O3S/c1-20(37)30-29(26-17-24(31)6-9-28(26)35-30)27(32)19-33-18-23-10-13-36(14-11-23)15-12-34-40(38,39)25-7-4-22(5-8-25)16-21-2-3-21/h4-8,17,19-21,23,28,33-35,37H,2-3,9-16,18,32H2,1H3/p+1/b27-19-. The lowest BCUT2D eigenvalue weighted by atomic mass is 9.93. The number of piperidine rings is 1. The van der Waals surface area contributed by atoms with Gasteiger partial charge in [0.15, 0.2) is 5.70 Å². The van der Waals surface area contributed by atoms with Crippen molar-refractivity contribution in [2.75, 3.05) is 32.7 Å². The summed E-state index contributed by atoms with van der Waals surface area (Å²) in [5.41, 5.74) is 8.47. The molecule has 4 aliphatic rings. The first kappa shape index (κ1) is 29.0. The topological polar surface area (TPSA) is 121 Å². The highest BCUT2D eigenvalue weighted by molar-refractivity contribution is 7.89. The van der Waals surface area contributed by atoms with Crippen molar-refractivity contribution in [1.82, 2.24) is 20.3 Å². The van der Waals surface area contributed by atoms with E-state index in [1.54, 1.807) is 25.1 Å². The van der Waals surface area contributed by atoms with E-state index in [0.29, 0.717) is 36.0 Å². The lowest BCUT2D eigenvalue weighted by Crippen LogP contribution is -2.50. The number of benzene rings is 1. The molecule has 40 heavy (non-hydrogen) atoms. The molecule has 2 unspecified atom stereocenters. The molecular formula is C30H43FN5O3S+. The summed E-state index contributed by atoms with van der Waals surface area (Å²) in [5, 5.41) is 17.0. The summed E-state index contributed by atoms with van der Waals surface area (Å²) >= 11 is 0. The van der Waals surface area contributed by atoms with Gasteiger partial charge in [-0.15, -0.1) is 0 Å². The first-order valence-corrected chi connectivity index (χ1v) is 16.0. The molecule has 2 fully saturated rings. The number of sulfonamides is 1. The molecule has 0 aromatic heterocycles. The van der Waals surface area contributed by atoms with Crippen LogP contribution in [-0.4, -0.2) is 63.3 Å². The number of quaternary nitrogens is 1. The highest BCUT2D eigenvalue weighted by Gasteiger charge is 2.35. The Labute approximate surface area is 237 Å². The summed E-state index contributed by atoms with van der Waals surface area (Å²) in [5.74, 6) is 1.03. The van der Waals surface area contributed by atoms with Gasteiger partial charge in [0, 0.05) is 19.6 Å². The SMILES string of the molecule is CC(O)C1=C(/C([NH3+])=C/NCC2CCN(CCNS(=O)(=O)c3ccc(CC4CC4)cc3)CC2)C2=CC(F)=CCC2N1. The van der Waals surface area contributed by atoms with Crippen molar-refractivity contribution in [3.8, 4) is 0 Å². The zero-order valence-electron chi connectivity index (χ0n) is 23.3. The van der Waals surface area contributed by atoms with Crippen molar-refractivity contribution >= 4 is 10.0 Å². The molecular weight excluding hydrogens is 529 g/mol. The third-order valence-corrected chi connectivity index (χ3v) is 9.89. The van der Waals surface area contributed by atoms with Crippen molar-refractivity contribution in [3.63, 3.8) is 0 Å². The zero-order chi connectivity index (χ0) is 28.3. The summed E-state index contributed by atoms with van der Waals surface area (Å²) in [6.07, 6.45) is 10.5. The predicted octanol–water partition coefficient (Wildman–Crippen LogP) is 2.09. The minimum absolute atomic E-state index is 0.0319. The summed E-state index contributed by atoms with van der Waals surface area (Å²) < 4.78 is 42.1. The van der Waals surface area contributed by atoms with Crippen LogP contribution in [0, 0.1) is 11.8 Å². The number of nitrogens with one attached hydrogen (secondary N) is 3. The second kappa shape index (κ2) is 12.6. The van der Waals surface area contributed by atoms with Crippen LogP contribution >= 0.6 is 0 Å². The average Bonchev–Trinajstić information content (AvgIpc) is 3.66. The molecule has 1 aromatic carbocycles. The van der Waals surface area contributed by atoms with Gasteiger partial charge in [-0.1, -0.05) is 12.1 Å². The van der Waals surface area contributed by atoms with Crippen LogP contribution in [0.3, 0.4) is 0 Å². The summed E-state index contributed by atoms with van der Waals surface area (Å²) in [4.78, 5) is 2.64. The maximum atomic E-state index is 14.0. The van der Waals surface area contributed by atoms with E-state index in [0.717, 1.165) is 61.7 Å². The second-order valence-electron chi connectivity index (χ2n) is 11.6. The number of rotatable bonds is 12. The highest BCUT2D eigenvalue weighted by atomic mass is 32.2. The molecule has 218 valence electrons. The van der Waals surface area contributed by atoms with Crippen LogP contribution in [0.1, 0.15) is 44.6 Å². The van der Waals surface area contributed by atoms with Crippen LogP contribution in [0.2, 0.25) is 0 Å². The van der Waals surface area contributed by atoms with Gasteiger partial charge in [0.1, 0.15) is 5.83 Å². The fraction of sp³-hybridized carbons (Fsp3) is 0.533. The summed E-state index contributed by atoms with van der Waals surface area (Å²) in [7, 11) is -3.50. The largest absolute Gasteiger partial charge is 0.387 e. The van der Waals surface area contributed by atoms with Crippen LogP contribution in [0.15, 0.2) is 75.9 Å². The van der Waals surface area contributed by atoms with Crippen LogP contribution in [0.5, 0.6) is 0 Å². The zero-order valence-corrected chi connectivity index (χ0v) is 24.1. The van der Waals surface area contributed by atoms with Gasteiger partial charge in [-0.05, 0) is 106 Å². The maximum absolute atomic E-state index is 14.0. The number of hydrogen-bond donors (Lipinski definition) is 5. The minimum atomic E-state index is -3.50. The van der Waals surface area contributed by atoms with Crippen molar-refractivity contribution in [3.05, 3.63) is 76.5 Å². The first-order valence-electron chi connectivity index (χ1n) is 14.5. The fourth-order valence-electron chi connectivity index (χ4n) is 5.87. The third-order valence-electron chi connectivity index (χ3n) is 8.41. The Bertz CT molecular complexity index is 1290. The smallest absolute Gasteiger partial charge is 0.240 e. The Hall–Kier alpha value is -2.50. The lowest BCUT2D eigenvalue weighted by molar-refractivity contribution is -0.297. The molecule has 1 saturated carbocycles. The Morgan fingerprint density at radius 2 is 1.93 bits per heavy atom. The fourth-order valence-corrected chi connectivity index (χ4v) is 6.89. The summed E-state index contributed by atoms with van der Waals surface area (Å²) in [6.45, 7) is 5.43. The van der Waals surface area contributed by atoms with Crippen molar-refractivity contribution in [2.24, 2.45) is 11.8 Å². The normalized spacial score (nSPS) is 23.4. The van der Waals surface area contributed by atoms with Crippen molar-refractivity contribution < 1.29 is 23.6 Å². The average molecular weight is 573 g/mol. The van der Waals surface area contributed by atoms with Crippen molar-refractivity contribution in [1.29, 1.82) is 0 Å². The van der Waals surface area contributed by atoms with Crippen LogP contribution in [0.25, 0.3) is 0 Å². The number of halogens is 1. The van der Waals surface area contributed by atoms with E-state index in [-0.39, 0.29) is 11.9 Å². The maximum Gasteiger partial charge on any atom is 0.240 e. The number of aliphatic hydroxyl groups excluding tert-OH is 1. The molecule has 2 aliphatic heterocycles. The molecule has 2 aliphatic carbocycles. The third kappa shape index (κ3) is 7.22. The number of hydrogen-bond acceptors (Lipinski definition) is 6. The van der Waals surface area contributed by atoms with E-state index in [1.165, 1.54) is 24.5 Å². The summed E-state index contributed by atoms with van der Waals surface area (Å²) in [6, 6.07) is 7.28. The van der Waals surface area contributed by atoms with E-state index < -0.39 is 16.1 Å². The van der Waals surface area contributed by atoms with Crippen LogP contribution in [0.4, 0.5) is 4.39 Å². The molecule has 10 heteroatoms. The van der Waals surface area contributed by atoms with Crippen LogP contribution in [-0.2, 0) is 16.4 Å². The number of fused-ring (bicyclic) bond motifs is 1. The molecule has 1 saturated heterocycles. The lowest BCUT2D eigenvalue weighted by Gasteiger charge is -2.31. The second-order valence-corrected chi connectivity index (χ2v) is 13.4. The molecule has 0 bridgehead atoms. The Balaban J connectivity index is 1.04. The van der Waals surface area contributed by atoms with Gasteiger partial charge in [0.2, 0.25) is 10.0 Å². The van der Waals surface area contributed by atoms with E-state index >= 15 is 0 Å². The van der Waals surface area contributed by atoms with Crippen molar-refractivity contribution in [2.45, 2.75) is 62.5 Å². The quantitative estimate of drug-likeness (QED) is 0.262. The molecule has 7 N–H and O–H groups in total. The van der Waals surface area contributed by atoms with Gasteiger partial charge < -0.3 is 26.4 Å². The molecule has 0 amide bonds. The van der Waals surface area contributed by atoms with E-state index in [9.17, 15) is 17.9 Å². The molecule has 0 radical (unpaired) electrons. The Kier molecular flexibility index (Phi) is 9.11. The Morgan fingerprint density at radius 3 is 2.60 bits per heavy atom. The number of nitrogens with zero attached hydrogens (tertiary/aromatic N) is 1. The van der Waals surface area contributed by atoms with Crippen LogP contribution < -0.4 is 21.1 Å². The molecule has 2 heterocycles. The van der Waals surface area contributed by atoms with Gasteiger partial charge in [-0.3, -0.25) is 0 Å². The molecule has 1 aromatic rings. The predicted molar refractivity (Wildman–Crippen MR) is 154 cm³/mol. The van der Waals surface area contributed by atoms with E-state index in [1.807, 2.05) is 18.3 Å². The highest BCUT2D eigenvalue weighted by Crippen LogP contribution is 2.35. The van der Waals surface area contributed by atoms with Gasteiger partial charge in [-0.2, -0.15) is 0 Å². The molecule has 5 rings (SSSR count). The van der Waals surface area contributed by atoms with Gasteiger partial charge in [0.25, 0.3) is 0 Å². The minimum Gasteiger partial charge on any atom is -0.387 e. The monoisotopic (exact) mass is 572 g/mol. The molecule has 2 atom stereocenters.